The summed E-state index contributed by atoms with van der Waals surface area (Å²) in [6, 6.07) is 5.56. The number of hydrogen-bond donors (Lipinski definition) is 1. The Bertz CT molecular complexity index is 912. The highest BCUT2D eigenvalue weighted by molar-refractivity contribution is 6.01. The van der Waals surface area contributed by atoms with Gasteiger partial charge in [-0.25, -0.2) is 4.98 Å². The molecule has 1 unspecified atom stereocenters. The average molecular weight is 376 g/mol. The second-order valence-electron chi connectivity index (χ2n) is 6.38. The quantitative estimate of drug-likeness (QED) is 0.814. The first kappa shape index (κ1) is 18.9. The van der Waals surface area contributed by atoms with Gasteiger partial charge in [-0.05, 0) is 31.6 Å². The van der Waals surface area contributed by atoms with Crippen molar-refractivity contribution in [2.24, 2.45) is 4.99 Å². The lowest BCUT2D eigenvalue weighted by atomic mass is 10.1. The summed E-state index contributed by atoms with van der Waals surface area (Å²) in [6.07, 6.45) is 0.691. The zero-order valence-corrected chi connectivity index (χ0v) is 14.9. The first-order valence-corrected chi connectivity index (χ1v) is 8.45. The Morgan fingerprint density at radius 3 is 2.74 bits per heavy atom. The summed E-state index contributed by atoms with van der Waals surface area (Å²) in [6.45, 7) is 3.54. The minimum absolute atomic E-state index is 0.0158. The Morgan fingerprint density at radius 1 is 1.33 bits per heavy atom. The molecule has 0 amide bonds. The summed E-state index contributed by atoms with van der Waals surface area (Å²) in [5, 5.41) is 3.09. The van der Waals surface area contributed by atoms with Gasteiger partial charge in [0.15, 0.2) is 0 Å². The molecule has 0 saturated carbocycles. The van der Waals surface area contributed by atoms with E-state index in [1.807, 2.05) is 13.0 Å². The van der Waals surface area contributed by atoms with Crippen molar-refractivity contribution < 1.29 is 18.0 Å². The normalized spacial score (nSPS) is 18.1. The predicted octanol–water partition coefficient (Wildman–Crippen LogP) is 3.39. The van der Waals surface area contributed by atoms with Gasteiger partial charge in [0, 0.05) is 18.3 Å². The van der Waals surface area contributed by atoms with Crippen molar-refractivity contribution in [2.75, 3.05) is 6.54 Å². The molecule has 1 aliphatic rings. The van der Waals surface area contributed by atoms with E-state index in [1.165, 1.54) is 18.5 Å². The molecule has 2 heterocycles. The van der Waals surface area contributed by atoms with Gasteiger partial charge >= 0.3 is 6.18 Å². The molecule has 8 heteroatoms. The molecule has 1 aromatic heterocycles. The second-order valence-corrected chi connectivity index (χ2v) is 6.38. The van der Waals surface area contributed by atoms with E-state index in [9.17, 15) is 18.0 Å². The Balaban J connectivity index is 1.76. The van der Waals surface area contributed by atoms with E-state index >= 15 is 0 Å². The zero-order valence-electron chi connectivity index (χ0n) is 14.9. The molecule has 0 spiro atoms. The summed E-state index contributed by atoms with van der Waals surface area (Å²) in [5.74, 6) is 0.352. The highest BCUT2D eigenvalue weighted by Gasteiger charge is 2.33. The van der Waals surface area contributed by atoms with E-state index < -0.39 is 11.7 Å². The molecule has 27 heavy (non-hydrogen) atoms. The van der Waals surface area contributed by atoms with Crippen LogP contribution >= 0.6 is 0 Å². The molecular weight excluding hydrogens is 357 g/mol. The molecule has 1 atom stereocenters. The molecule has 0 aliphatic carbocycles. The van der Waals surface area contributed by atoms with Crippen LogP contribution in [-0.4, -0.2) is 33.8 Å². The van der Waals surface area contributed by atoms with Crippen molar-refractivity contribution in [3.63, 3.8) is 0 Å². The number of nitrogens with one attached hydrogen (secondary N) is 1. The number of carbonyl (C=O) groups excluding carboxylic acids is 1. The van der Waals surface area contributed by atoms with Crippen LogP contribution < -0.4 is 5.32 Å². The lowest BCUT2D eigenvalue weighted by molar-refractivity contribution is -0.138. The molecule has 0 fully saturated rings. The SMILES string of the molecule is Cc1c(C(=O)CN=C2C=CC(C)N2)ncn1Cc1ccccc1C(F)(F)F. The highest BCUT2D eigenvalue weighted by Crippen LogP contribution is 2.32. The van der Waals surface area contributed by atoms with E-state index in [2.05, 4.69) is 15.3 Å². The highest BCUT2D eigenvalue weighted by atomic mass is 19.4. The molecule has 5 nitrogen and oxygen atoms in total. The number of imidazole rings is 1. The molecule has 1 aliphatic heterocycles. The van der Waals surface area contributed by atoms with Gasteiger partial charge in [0.2, 0.25) is 5.78 Å². The minimum atomic E-state index is -4.43. The van der Waals surface area contributed by atoms with Gasteiger partial charge in [-0.3, -0.25) is 9.79 Å². The fourth-order valence-electron chi connectivity index (χ4n) is 2.89. The average Bonchev–Trinajstić information content (AvgIpc) is 3.19. The fourth-order valence-corrected chi connectivity index (χ4v) is 2.89. The standard InChI is InChI=1S/C19H19F3N4O/c1-12-7-8-17(25-12)23-9-16(27)18-13(2)26(11-24-18)10-14-5-3-4-6-15(14)19(20,21)22/h3-8,11-12H,9-10H2,1-2H3,(H,23,25). The Labute approximate surface area is 154 Å². The Hall–Kier alpha value is -2.90. The summed E-state index contributed by atoms with van der Waals surface area (Å²) in [7, 11) is 0. The molecule has 2 aromatic rings. The number of amidine groups is 1. The Kier molecular flexibility index (Phi) is 5.16. The van der Waals surface area contributed by atoms with Gasteiger partial charge in [0.25, 0.3) is 0 Å². The number of hydrogen-bond acceptors (Lipinski definition) is 3. The Morgan fingerprint density at radius 2 is 2.07 bits per heavy atom. The van der Waals surface area contributed by atoms with Crippen molar-refractivity contribution in [3.8, 4) is 0 Å². The van der Waals surface area contributed by atoms with Gasteiger partial charge < -0.3 is 9.88 Å². The number of rotatable bonds is 5. The topological polar surface area (TPSA) is 59.3 Å². The van der Waals surface area contributed by atoms with E-state index in [1.54, 1.807) is 23.6 Å². The number of aliphatic imine (C=N–C) groups is 1. The lowest BCUT2D eigenvalue weighted by Crippen LogP contribution is -2.24. The fraction of sp³-hybridized carbons (Fsp3) is 0.316. The van der Waals surface area contributed by atoms with E-state index in [4.69, 9.17) is 0 Å². The van der Waals surface area contributed by atoms with E-state index in [0.717, 1.165) is 6.07 Å². The summed E-state index contributed by atoms with van der Waals surface area (Å²) in [5.41, 5.74) is 0.170. The van der Waals surface area contributed by atoms with Gasteiger partial charge in [0.05, 0.1) is 11.9 Å². The van der Waals surface area contributed by atoms with Crippen LogP contribution in [0.25, 0.3) is 0 Å². The summed E-state index contributed by atoms with van der Waals surface area (Å²) < 4.78 is 41.0. The molecule has 1 N–H and O–H groups in total. The van der Waals surface area contributed by atoms with Crippen LogP contribution in [-0.2, 0) is 12.7 Å². The monoisotopic (exact) mass is 376 g/mol. The molecule has 3 rings (SSSR count). The lowest BCUT2D eigenvalue weighted by Gasteiger charge is -2.13. The van der Waals surface area contributed by atoms with Crippen molar-refractivity contribution in [1.82, 2.24) is 14.9 Å². The van der Waals surface area contributed by atoms with Crippen LogP contribution in [0.1, 0.15) is 34.2 Å². The van der Waals surface area contributed by atoms with E-state index in [0.29, 0.717) is 11.5 Å². The van der Waals surface area contributed by atoms with Crippen LogP contribution in [0.4, 0.5) is 13.2 Å². The second kappa shape index (κ2) is 7.38. The van der Waals surface area contributed by atoms with Crippen molar-refractivity contribution in [3.05, 3.63) is 65.3 Å². The molecule has 1 aromatic carbocycles. The van der Waals surface area contributed by atoms with Crippen LogP contribution in [0.3, 0.4) is 0 Å². The van der Waals surface area contributed by atoms with Gasteiger partial charge in [-0.2, -0.15) is 13.2 Å². The third-order valence-electron chi connectivity index (χ3n) is 4.34. The molecule has 0 bridgehead atoms. The van der Waals surface area contributed by atoms with Crippen molar-refractivity contribution in [2.45, 2.75) is 32.6 Å². The number of benzene rings is 1. The summed E-state index contributed by atoms with van der Waals surface area (Å²) in [4.78, 5) is 20.7. The molecule has 0 saturated heterocycles. The third-order valence-corrected chi connectivity index (χ3v) is 4.34. The maximum atomic E-state index is 13.2. The van der Waals surface area contributed by atoms with Crippen molar-refractivity contribution in [1.29, 1.82) is 0 Å². The van der Waals surface area contributed by atoms with Gasteiger partial charge in [0.1, 0.15) is 18.1 Å². The molecular formula is C19H19F3N4O. The smallest absolute Gasteiger partial charge is 0.364 e. The maximum Gasteiger partial charge on any atom is 0.416 e. The number of alkyl halides is 3. The zero-order chi connectivity index (χ0) is 19.6. The predicted molar refractivity (Wildman–Crippen MR) is 95.9 cm³/mol. The molecule has 0 radical (unpaired) electrons. The maximum absolute atomic E-state index is 13.2. The first-order valence-electron chi connectivity index (χ1n) is 8.45. The van der Waals surface area contributed by atoms with Crippen LogP contribution in [0, 0.1) is 6.92 Å². The van der Waals surface area contributed by atoms with Crippen molar-refractivity contribution >= 4 is 11.6 Å². The molecule has 142 valence electrons. The van der Waals surface area contributed by atoms with Gasteiger partial charge in [-0.1, -0.05) is 24.3 Å². The number of aromatic nitrogens is 2. The number of carbonyl (C=O) groups is 1. The number of Topliss-reactive ketones (excluding diaryl/α,β-unsaturated/α-hetero) is 1. The van der Waals surface area contributed by atoms with Gasteiger partial charge in [-0.15, -0.1) is 0 Å². The number of nitrogens with zero attached hydrogens (tertiary/aromatic N) is 3. The van der Waals surface area contributed by atoms with Crippen LogP contribution in [0.15, 0.2) is 47.7 Å². The van der Waals surface area contributed by atoms with E-state index in [-0.39, 0.29) is 36.2 Å². The third kappa shape index (κ3) is 4.27. The van der Waals surface area contributed by atoms with Crippen LogP contribution in [0.2, 0.25) is 0 Å². The minimum Gasteiger partial charge on any atom is -0.364 e. The largest absolute Gasteiger partial charge is 0.416 e. The summed E-state index contributed by atoms with van der Waals surface area (Å²) >= 11 is 0. The van der Waals surface area contributed by atoms with Crippen LogP contribution in [0.5, 0.6) is 0 Å². The number of ketones is 1. The number of halogens is 3. The first-order chi connectivity index (χ1) is 12.8.